The highest BCUT2D eigenvalue weighted by atomic mass is 16.7. The SMILES string of the molecule is CC1(C)O[C@@H](/C=C/c2ccccc2)[C@]2(C)C(=O)O[C@H](CCc3ccccc3)C[C@H]2O1. The van der Waals surface area contributed by atoms with Crippen molar-refractivity contribution in [3.63, 3.8) is 0 Å². The van der Waals surface area contributed by atoms with E-state index in [1.54, 1.807) is 0 Å². The minimum absolute atomic E-state index is 0.150. The number of hydrogen-bond donors (Lipinski definition) is 0. The quantitative estimate of drug-likeness (QED) is 0.642. The fraction of sp³-hybridized carbons (Fsp3) is 0.423. The molecule has 4 heteroatoms. The first kappa shape index (κ1) is 20.8. The van der Waals surface area contributed by atoms with E-state index in [9.17, 15) is 4.79 Å². The molecule has 2 aromatic carbocycles. The lowest BCUT2D eigenvalue weighted by Crippen LogP contribution is -2.63. The lowest BCUT2D eigenvalue weighted by Gasteiger charge is -2.53. The maximum Gasteiger partial charge on any atom is 0.317 e. The molecule has 30 heavy (non-hydrogen) atoms. The highest BCUT2D eigenvalue weighted by Gasteiger charge is 2.59. The number of aryl methyl sites for hydroxylation is 1. The van der Waals surface area contributed by atoms with Gasteiger partial charge in [0.1, 0.15) is 11.5 Å². The van der Waals surface area contributed by atoms with Gasteiger partial charge in [0.25, 0.3) is 0 Å². The molecule has 0 spiro atoms. The summed E-state index contributed by atoms with van der Waals surface area (Å²) in [6.45, 7) is 5.73. The third kappa shape index (κ3) is 4.35. The molecule has 0 saturated carbocycles. The highest BCUT2D eigenvalue weighted by Crippen LogP contribution is 2.47. The van der Waals surface area contributed by atoms with Crippen LogP contribution in [0.3, 0.4) is 0 Å². The first-order chi connectivity index (χ1) is 14.4. The molecule has 2 aliphatic heterocycles. The molecule has 4 atom stereocenters. The Kier molecular flexibility index (Phi) is 5.81. The lowest BCUT2D eigenvalue weighted by atomic mass is 9.72. The highest BCUT2D eigenvalue weighted by molar-refractivity contribution is 5.80. The molecule has 0 amide bonds. The van der Waals surface area contributed by atoms with Crippen LogP contribution in [0, 0.1) is 5.41 Å². The number of esters is 1. The molecular weight excluding hydrogens is 376 g/mol. The molecule has 2 aliphatic rings. The third-order valence-corrected chi connectivity index (χ3v) is 6.15. The average molecular weight is 407 g/mol. The normalized spacial score (nSPS) is 30.6. The zero-order chi connectivity index (χ0) is 21.2. The van der Waals surface area contributed by atoms with Crippen molar-refractivity contribution < 1.29 is 19.0 Å². The Labute approximate surface area is 178 Å². The van der Waals surface area contributed by atoms with Gasteiger partial charge in [0.2, 0.25) is 0 Å². The summed E-state index contributed by atoms with van der Waals surface area (Å²) in [5, 5.41) is 0. The second-order valence-electron chi connectivity index (χ2n) is 8.88. The average Bonchev–Trinajstić information content (AvgIpc) is 2.73. The van der Waals surface area contributed by atoms with Crippen molar-refractivity contribution in [3.8, 4) is 0 Å². The summed E-state index contributed by atoms with van der Waals surface area (Å²) in [5.41, 5.74) is 1.44. The first-order valence-corrected chi connectivity index (χ1v) is 10.7. The number of benzene rings is 2. The summed E-state index contributed by atoms with van der Waals surface area (Å²) in [7, 11) is 0. The van der Waals surface area contributed by atoms with Gasteiger partial charge in [-0.15, -0.1) is 0 Å². The van der Waals surface area contributed by atoms with Crippen LogP contribution in [-0.2, 0) is 25.4 Å². The van der Waals surface area contributed by atoms with Gasteiger partial charge in [0.15, 0.2) is 5.79 Å². The lowest BCUT2D eigenvalue weighted by molar-refractivity contribution is -0.342. The maximum absolute atomic E-state index is 13.2. The van der Waals surface area contributed by atoms with Crippen LogP contribution < -0.4 is 0 Å². The van der Waals surface area contributed by atoms with Crippen LogP contribution in [0.15, 0.2) is 66.7 Å². The summed E-state index contributed by atoms with van der Waals surface area (Å²) >= 11 is 0. The smallest absolute Gasteiger partial charge is 0.317 e. The van der Waals surface area contributed by atoms with E-state index in [1.165, 1.54) is 5.56 Å². The van der Waals surface area contributed by atoms with Gasteiger partial charge in [-0.1, -0.05) is 72.8 Å². The third-order valence-electron chi connectivity index (χ3n) is 6.15. The molecule has 158 valence electrons. The Balaban J connectivity index is 1.52. The van der Waals surface area contributed by atoms with Crippen molar-refractivity contribution in [2.45, 2.75) is 64.1 Å². The molecular formula is C26H30O4. The molecule has 0 aromatic heterocycles. The molecule has 0 unspecified atom stereocenters. The zero-order valence-corrected chi connectivity index (χ0v) is 17.9. The molecule has 2 fully saturated rings. The van der Waals surface area contributed by atoms with Gasteiger partial charge >= 0.3 is 5.97 Å². The Morgan fingerprint density at radius 1 is 0.967 bits per heavy atom. The van der Waals surface area contributed by atoms with E-state index in [0.717, 1.165) is 18.4 Å². The van der Waals surface area contributed by atoms with Crippen LogP contribution in [0.4, 0.5) is 0 Å². The molecule has 4 nitrogen and oxygen atoms in total. The summed E-state index contributed by atoms with van der Waals surface area (Å²) in [6, 6.07) is 20.3. The largest absolute Gasteiger partial charge is 0.462 e. The number of hydrogen-bond acceptors (Lipinski definition) is 4. The van der Waals surface area contributed by atoms with Crippen LogP contribution in [0.1, 0.15) is 44.7 Å². The van der Waals surface area contributed by atoms with Gasteiger partial charge in [0, 0.05) is 6.42 Å². The van der Waals surface area contributed by atoms with E-state index in [2.05, 4.69) is 12.1 Å². The maximum atomic E-state index is 13.2. The van der Waals surface area contributed by atoms with Gasteiger partial charge in [-0.2, -0.15) is 0 Å². The Morgan fingerprint density at radius 2 is 1.63 bits per heavy atom. The molecule has 4 rings (SSSR count). The van der Waals surface area contributed by atoms with Crippen LogP contribution in [-0.4, -0.2) is 30.1 Å². The standard InChI is InChI=1S/C26H30O4/c1-25(2)29-22(17-15-20-12-8-5-9-13-20)26(3)23(30-25)18-21(28-24(26)27)16-14-19-10-6-4-7-11-19/h4-13,15,17,21-23H,14,16,18H2,1-3H3/b17-15+/t21-,22+,23-,26+/m1/s1. The van der Waals surface area contributed by atoms with Crippen molar-refractivity contribution in [1.29, 1.82) is 0 Å². The van der Waals surface area contributed by atoms with Gasteiger partial charge in [-0.3, -0.25) is 4.79 Å². The Bertz CT molecular complexity index is 890. The number of carbonyl (C=O) groups is 1. The summed E-state index contributed by atoms with van der Waals surface area (Å²) in [5.74, 6) is -1.01. The molecule has 0 bridgehead atoms. The number of ether oxygens (including phenoxy) is 3. The van der Waals surface area contributed by atoms with Crippen molar-refractivity contribution in [2.24, 2.45) is 5.41 Å². The monoisotopic (exact) mass is 406 g/mol. The van der Waals surface area contributed by atoms with Crippen molar-refractivity contribution in [1.82, 2.24) is 0 Å². The number of rotatable bonds is 5. The number of fused-ring (bicyclic) bond motifs is 1. The second-order valence-corrected chi connectivity index (χ2v) is 8.88. The Morgan fingerprint density at radius 3 is 2.33 bits per heavy atom. The summed E-state index contributed by atoms with van der Waals surface area (Å²) in [6.07, 6.45) is 5.49. The molecule has 0 radical (unpaired) electrons. The molecule has 0 aliphatic carbocycles. The Hall–Kier alpha value is -2.43. The predicted octanol–water partition coefficient (Wildman–Crippen LogP) is 5.17. The van der Waals surface area contributed by atoms with Crippen molar-refractivity contribution in [2.75, 3.05) is 0 Å². The molecule has 2 heterocycles. The fourth-order valence-corrected chi connectivity index (χ4v) is 4.36. The molecule has 2 aromatic rings. The second kappa shape index (κ2) is 8.37. The van der Waals surface area contributed by atoms with Gasteiger partial charge in [-0.05, 0) is 44.7 Å². The topological polar surface area (TPSA) is 44.8 Å². The van der Waals surface area contributed by atoms with Crippen LogP contribution in [0.5, 0.6) is 0 Å². The minimum atomic E-state index is -0.871. The van der Waals surface area contributed by atoms with E-state index in [1.807, 2.05) is 81.5 Å². The minimum Gasteiger partial charge on any atom is -0.462 e. The molecule has 2 saturated heterocycles. The molecule has 0 N–H and O–H groups in total. The van der Waals surface area contributed by atoms with Gasteiger partial charge in [-0.25, -0.2) is 0 Å². The number of carbonyl (C=O) groups excluding carboxylic acids is 1. The van der Waals surface area contributed by atoms with E-state index in [-0.39, 0.29) is 18.2 Å². The fourth-order valence-electron chi connectivity index (χ4n) is 4.36. The number of cyclic esters (lactones) is 1. The van der Waals surface area contributed by atoms with E-state index in [0.29, 0.717) is 6.42 Å². The van der Waals surface area contributed by atoms with Crippen molar-refractivity contribution in [3.05, 3.63) is 77.9 Å². The van der Waals surface area contributed by atoms with Crippen molar-refractivity contribution >= 4 is 12.0 Å². The summed E-state index contributed by atoms with van der Waals surface area (Å²) in [4.78, 5) is 13.2. The van der Waals surface area contributed by atoms with Gasteiger partial charge in [0.05, 0.1) is 12.2 Å². The van der Waals surface area contributed by atoms with Gasteiger partial charge < -0.3 is 14.2 Å². The zero-order valence-electron chi connectivity index (χ0n) is 17.9. The van der Waals surface area contributed by atoms with Crippen LogP contribution in [0.25, 0.3) is 6.08 Å². The van der Waals surface area contributed by atoms with E-state index < -0.39 is 17.3 Å². The summed E-state index contributed by atoms with van der Waals surface area (Å²) < 4.78 is 18.4. The van der Waals surface area contributed by atoms with Crippen LogP contribution in [0.2, 0.25) is 0 Å². The van der Waals surface area contributed by atoms with E-state index in [4.69, 9.17) is 14.2 Å². The predicted molar refractivity (Wildman–Crippen MR) is 117 cm³/mol. The van der Waals surface area contributed by atoms with Crippen LogP contribution >= 0.6 is 0 Å². The first-order valence-electron chi connectivity index (χ1n) is 10.7. The van der Waals surface area contributed by atoms with E-state index >= 15 is 0 Å².